The van der Waals surface area contributed by atoms with E-state index < -0.39 is 48.1 Å². The van der Waals surface area contributed by atoms with E-state index in [1.165, 1.54) is 6.33 Å². The molecule has 0 saturated heterocycles. The number of imidazole rings is 1. The first-order valence-corrected chi connectivity index (χ1v) is 17.9. The van der Waals surface area contributed by atoms with Crippen LogP contribution >= 0.6 is 0 Å². The fourth-order valence-corrected chi connectivity index (χ4v) is 5.73. The lowest BCUT2D eigenvalue weighted by Crippen LogP contribution is -2.57. The molecule has 5 N–H and O–H groups in total. The molecule has 0 saturated carbocycles. The summed E-state index contributed by atoms with van der Waals surface area (Å²) in [5.41, 5.74) is 2.18. The summed E-state index contributed by atoms with van der Waals surface area (Å²) in [4.78, 5) is 60.8. The van der Waals surface area contributed by atoms with Gasteiger partial charge in [0.05, 0.1) is 31.5 Å². The maximum Gasteiger partial charge on any atom is 0.408 e. The minimum Gasteiger partial charge on any atom is -0.465 e. The van der Waals surface area contributed by atoms with E-state index in [2.05, 4.69) is 25.9 Å². The second-order valence-corrected chi connectivity index (χ2v) is 13.7. The zero-order valence-corrected chi connectivity index (χ0v) is 30.3. The average Bonchev–Trinajstić information content (AvgIpc) is 3.65. The SMILES string of the molecule is CCC(C)COC(=O)C[C@H](O)[C@H](CC(C)C)NC(=O)[C@H](Cc1cnc[nH]1)NC(=O)[C@H](Cc1cccc2ccccc12)NC(=O)OCc1ccccc1. The molecule has 0 spiro atoms. The highest BCUT2D eigenvalue weighted by atomic mass is 16.5. The standard InChI is InChI=1S/C40H51N5O7/c1-5-27(4)23-51-37(47)21-36(46)33(18-26(2)3)43-39(49)35(20-31-22-41-25-42-31)44-38(48)34(45-40(50)52-24-28-12-7-6-8-13-28)19-30-16-11-15-29-14-9-10-17-32(29)30/h6-17,22,25-27,33-36,46H,5,18-21,23-24H2,1-4H3,(H,41,42)(H,43,49)(H,44,48)(H,45,50)/t27?,33-,34-,35-,36-/m0/s1. The Morgan fingerprint density at radius 3 is 2.23 bits per heavy atom. The molecule has 12 nitrogen and oxygen atoms in total. The number of amides is 3. The van der Waals surface area contributed by atoms with Gasteiger partial charge in [0, 0.05) is 24.7 Å². The fourth-order valence-electron chi connectivity index (χ4n) is 5.73. The van der Waals surface area contributed by atoms with Gasteiger partial charge in [0.1, 0.15) is 18.7 Å². The number of hydrogen-bond donors (Lipinski definition) is 5. The minimum atomic E-state index is -1.22. The summed E-state index contributed by atoms with van der Waals surface area (Å²) in [5.74, 6) is -1.49. The Labute approximate surface area is 305 Å². The van der Waals surface area contributed by atoms with Crippen LogP contribution in [0.1, 0.15) is 63.8 Å². The maximum atomic E-state index is 14.1. The molecule has 0 bridgehead atoms. The number of aliphatic hydroxyl groups excluding tert-OH is 1. The van der Waals surface area contributed by atoms with Crippen molar-refractivity contribution in [3.63, 3.8) is 0 Å². The van der Waals surface area contributed by atoms with Crippen molar-refractivity contribution in [2.75, 3.05) is 6.61 Å². The third-order valence-electron chi connectivity index (χ3n) is 8.86. The summed E-state index contributed by atoms with van der Waals surface area (Å²) in [6.07, 6.45) is 2.07. The van der Waals surface area contributed by atoms with Crippen molar-refractivity contribution in [3.8, 4) is 0 Å². The molecular weight excluding hydrogens is 662 g/mol. The summed E-state index contributed by atoms with van der Waals surface area (Å²) in [6, 6.07) is 19.6. The van der Waals surface area contributed by atoms with Crippen LogP contribution in [0, 0.1) is 11.8 Å². The van der Waals surface area contributed by atoms with Crippen molar-refractivity contribution in [2.45, 2.75) is 90.6 Å². The Kier molecular flexibility index (Phi) is 15.2. The highest BCUT2D eigenvalue weighted by molar-refractivity contribution is 5.93. The summed E-state index contributed by atoms with van der Waals surface area (Å²) < 4.78 is 10.8. The van der Waals surface area contributed by atoms with Crippen LogP contribution in [0.5, 0.6) is 0 Å². The molecule has 0 aliphatic heterocycles. The summed E-state index contributed by atoms with van der Waals surface area (Å²) in [5, 5.41) is 21.4. The van der Waals surface area contributed by atoms with Gasteiger partial charge in [-0.25, -0.2) is 9.78 Å². The lowest BCUT2D eigenvalue weighted by molar-refractivity contribution is -0.148. The molecule has 278 valence electrons. The van der Waals surface area contributed by atoms with Crippen LogP contribution in [0.25, 0.3) is 10.8 Å². The predicted molar refractivity (Wildman–Crippen MR) is 198 cm³/mol. The second-order valence-electron chi connectivity index (χ2n) is 13.7. The lowest BCUT2D eigenvalue weighted by Gasteiger charge is -2.28. The smallest absolute Gasteiger partial charge is 0.408 e. The number of rotatable bonds is 19. The molecule has 4 rings (SSSR count). The van der Waals surface area contributed by atoms with E-state index in [0.29, 0.717) is 12.1 Å². The Morgan fingerprint density at radius 2 is 1.52 bits per heavy atom. The molecule has 3 amide bonds. The number of fused-ring (bicyclic) bond motifs is 1. The number of carbonyl (C=O) groups is 4. The number of benzene rings is 3. The van der Waals surface area contributed by atoms with Crippen molar-refractivity contribution in [1.29, 1.82) is 0 Å². The largest absolute Gasteiger partial charge is 0.465 e. The van der Waals surface area contributed by atoms with Gasteiger partial charge < -0.3 is 35.5 Å². The number of nitrogens with zero attached hydrogens (tertiary/aromatic N) is 1. The van der Waals surface area contributed by atoms with Crippen LogP contribution in [0.15, 0.2) is 85.3 Å². The van der Waals surface area contributed by atoms with Crippen molar-refractivity contribution in [3.05, 3.63) is 102 Å². The van der Waals surface area contributed by atoms with Gasteiger partial charge in [-0.1, -0.05) is 107 Å². The molecule has 1 unspecified atom stereocenters. The first kappa shape index (κ1) is 39.6. The Hall–Kier alpha value is -5.23. The molecule has 1 aromatic heterocycles. The molecule has 5 atom stereocenters. The third-order valence-corrected chi connectivity index (χ3v) is 8.86. The Balaban J connectivity index is 1.54. The van der Waals surface area contributed by atoms with E-state index in [-0.39, 0.29) is 44.3 Å². The van der Waals surface area contributed by atoms with Crippen molar-refractivity contribution in [1.82, 2.24) is 25.9 Å². The van der Waals surface area contributed by atoms with Gasteiger partial charge in [0.15, 0.2) is 0 Å². The molecule has 52 heavy (non-hydrogen) atoms. The summed E-state index contributed by atoms with van der Waals surface area (Å²) >= 11 is 0. The number of aliphatic hydroxyl groups is 1. The molecule has 0 radical (unpaired) electrons. The quantitative estimate of drug-likeness (QED) is 0.0846. The highest BCUT2D eigenvalue weighted by Crippen LogP contribution is 2.20. The Morgan fingerprint density at radius 1 is 0.827 bits per heavy atom. The van der Waals surface area contributed by atoms with Gasteiger partial charge >= 0.3 is 12.1 Å². The molecular formula is C40H51N5O7. The average molecular weight is 714 g/mol. The van der Waals surface area contributed by atoms with Crippen LogP contribution in [-0.4, -0.2) is 69.8 Å². The van der Waals surface area contributed by atoms with Crippen LogP contribution in [0.3, 0.4) is 0 Å². The zero-order chi connectivity index (χ0) is 37.5. The van der Waals surface area contributed by atoms with E-state index in [1.54, 1.807) is 6.20 Å². The number of ether oxygens (including phenoxy) is 2. The molecule has 0 fully saturated rings. The number of H-pyrrole nitrogens is 1. The number of alkyl carbamates (subject to hydrolysis) is 1. The predicted octanol–water partition coefficient (Wildman–Crippen LogP) is 5.00. The monoisotopic (exact) mass is 713 g/mol. The zero-order valence-electron chi connectivity index (χ0n) is 30.3. The summed E-state index contributed by atoms with van der Waals surface area (Å²) in [6.45, 7) is 8.10. The number of nitrogens with one attached hydrogen (secondary N) is 4. The molecule has 1 heterocycles. The highest BCUT2D eigenvalue weighted by Gasteiger charge is 2.32. The molecule has 0 aliphatic rings. The van der Waals surface area contributed by atoms with Gasteiger partial charge in [-0.15, -0.1) is 0 Å². The van der Waals surface area contributed by atoms with E-state index >= 15 is 0 Å². The topological polar surface area (TPSA) is 172 Å². The normalized spacial score (nSPS) is 14.1. The maximum absolute atomic E-state index is 14.1. The first-order chi connectivity index (χ1) is 25.0. The number of esters is 1. The van der Waals surface area contributed by atoms with E-state index in [0.717, 1.165) is 28.3 Å². The number of carbonyl (C=O) groups excluding carboxylic acids is 4. The number of aromatic nitrogens is 2. The van der Waals surface area contributed by atoms with Crippen LogP contribution < -0.4 is 16.0 Å². The van der Waals surface area contributed by atoms with Gasteiger partial charge in [0.2, 0.25) is 11.8 Å². The van der Waals surface area contributed by atoms with Gasteiger partial charge in [0.25, 0.3) is 0 Å². The third kappa shape index (κ3) is 12.5. The Bertz CT molecular complexity index is 1730. The van der Waals surface area contributed by atoms with Crippen molar-refractivity contribution >= 4 is 34.6 Å². The van der Waals surface area contributed by atoms with Gasteiger partial charge in [-0.2, -0.15) is 0 Å². The van der Waals surface area contributed by atoms with Crippen molar-refractivity contribution in [2.24, 2.45) is 11.8 Å². The second kappa shape index (κ2) is 20.0. The van der Waals surface area contributed by atoms with Crippen LogP contribution in [0.4, 0.5) is 4.79 Å². The van der Waals surface area contributed by atoms with E-state index in [4.69, 9.17) is 9.47 Å². The lowest BCUT2D eigenvalue weighted by atomic mass is 9.96. The molecule has 4 aromatic rings. The molecule has 0 aliphatic carbocycles. The number of aromatic amines is 1. The fraction of sp³-hybridized carbons (Fsp3) is 0.425. The van der Waals surface area contributed by atoms with Gasteiger partial charge in [-0.05, 0) is 40.2 Å². The minimum absolute atomic E-state index is 0.00483. The van der Waals surface area contributed by atoms with E-state index in [1.807, 2.05) is 100 Å². The number of hydrogen-bond acceptors (Lipinski definition) is 8. The van der Waals surface area contributed by atoms with Gasteiger partial charge in [-0.3, -0.25) is 14.4 Å². The van der Waals surface area contributed by atoms with Crippen LogP contribution in [-0.2, 0) is 43.3 Å². The molecule has 12 heteroatoms. The van der Waals surface area contributed by atoms with E-state index in [9.17, 15) is 24.3 Å². The van der Waals surface area contributed by atoms with Crippen molar-refractivity contribution < 1.29 is 33.8 Å². The first-order valence-electron chi connectivity index (χ1n) is 17.9. The van der Waals surface area contributed by atoms with Crippen LogP contribution in [0.2, 0.25) is 0 Å². The molecule has 3 aromatic carbocycles. The summed E-state index contributed by atoms with van der Waals surface area (Å²) in [7, 11) is 0.